The quantitative estimate of drug-likeness (QED) is 0.665. The van der Waals surface area contributed by atoms with Crippen LogP contribution in [0.3, 0.4) is 0 Å². The average Bonchev–Trinajstić information content (AvgIpc) is 2.15. The molecule has 0 spiro atoms. The number of hydrogen-bond donors (Lipinski definition) is 0. The van der Waals surface area contributed by atoms with Gasteiger partial charge in [-0.15, -0.1) is 0 Å². The van der Waals surface area contributed by atoms with E-state index in [4.69, 9.17) is 4.74 Å². The van der Waals surface area contributed by atoms with Crippen molar-refractivity contribution in [3.63, 3.8) is 0 Å². The molecule has 78 valence electrons. The summed E-state index contributed by atoms with van der Waals surface area (Å²) in [7, 11) is 0. The molecule has 0 N–H and O–H groups in total. The van der Waals surface area contributed by atoms with Crippen LogP contribution in [0.25, 0.3) is 0 Å². The molecule has 0 aliphatic carbocycles. The smallest absolute Gasteiger partial charge is 0.0519 e. The topological polar surface area (TPSA) is 12.5 Å². The van der Waals surface area contributed by atoms with Crippen LogP contribution in [0.2, 0.25) is 0 Å². The third-order valence-corrected chi connectivity index (χ3v) is 2.82. The highest BCUT2D eigenvalue weighted by atomic mass is 16.5. The molecule has 0 atom stereocenters. The van der Waals surface area contributed by atoms with Crippen molar-refractivity contribution in [1.29, 1.82) is 0 Å². The Morgan fingerprint density at radius 2 is 1.92 bits per heavy atom. The minimum absolute atomic E-state index is 0.393. The summed E-state index contributed by atoms with van der Waals surface area (Å²) in [5.41, 5.74) is 0. The summed E-state index contributed by atoms with van der Waals surface area (Å²) in [6.45, 7) is 11.2. The standard InChI is InChI=1S/C11H23NO/c1-4-12-7-5-11(6-8-12)9-13-10(2)3/h10-11H,4-9H2,1-3H3. The van der Waals surface area contributed by atoms with Gasteiger partial charge >= 0.3 is 0 Å². The second-order valence-corrected chi connectivity index (χ2v) is 4.26. The van der Waals surface area contributed by atoms with Crippen molar-refractivity contribution in [3.05, 3.63) is 0 Å². The van der Waals surface area contributed by atoms with Gasteiger partial charge in [0, 0.05) is 6.61 Å². The number of ether oxygens (including phenoxy) is 1. The summed E-state index contributed by atoms with van der Waals surface area (Å²) in [5, 5.41) is 0. The zero-order valence-corrected chi connectivity index (χ0v) is 9.25. The molecule has 0 amide bonds. The summed E-state index contributed by atoms with van der Waals surface area (Å²) >= 11 is 0. The molecule has 1 fully saturated rings. The highest BCUT2D eigenvalue weighted by Crippen LogP contribution is 2.17. The van der Waals surface area contributed by atoms with Crippen LogP contribution in [0.4, 0.5) is 0 Å². The van der Waals surface area contributed by atoms with Crippen molar-refractivity contribution in [2.24, 2.45) is 5.92 Å². The number of likely N-dealkylation sites (tertiary alicyclic amines) is 1. The third kappa shape index (κ3) is 4.10. The molecule has 1 aliphatic heterocycles. The van der Waals surface area contributed by atoms with E-state index in [0.29, 0.717) is 6.10 Å². The summed E-state index contributed by atoms with van der Waals surface area (Å²) < 4.78 is 5.63. The van der Waals surface area contributed by atoms with Crippen molar-refractivity contribution in [2.45, 2.75) is 39.7 Å². The largest absolute Gasteiger partial charge is 0.379 e. The molecule has 1 saturated heterocycles. The molecule has 1 heterocycles. The molecule has 0 saturated carbocycles. The lowest BCUT2D eigenvalue weighted by Crippen LogP contribution is -2.35. The minimum Gasteiger partial charge on any atom is -0.379 e. The molecule has 2 heteroatoms. The highest BCUT2D eigenvalue weighted by molar-refractivity contribution is 4.71. The maximum atomic E-state index is 5.63. The minimum atomic E-state index is 0.393. The Bertz CT molecular complexity index is 128. The Hall–Kier alpha value is -0.0800. The summed E-state index contributed by atoms with van der Waals surface area (Å²) in [5.74, 6) is 0.810. The van der Waals surface area contributed by atoms with Crippen LogP contribution in [0.1, 0.15) is 33.6 Å². The van der Waals surface area contributed by atoms with Gasteiger partial charge in [-0.1, -0.05) is 6.92 Å². The fraction of sp³-hybridized carbons (Fsp3) is 1.00. The van der Waals surface area contributed by atoms with Gasteiger partial charge in [-0.3, -0.25) is 0 Å². The lowest BCUT2D eigenvalue weighted by atomic mass is 9.98. The van der Waals surface area contributed by atoms with Gasteiger partial charge in [0.05, 0.1) is 6.10 Å². The van der Waals surface area contributed by atoms with Crippen molar-refractivity contribution >= 4 is 0 Å². The first kappa shape index (κ1) is 11.0. The number of hydrogen-bond acceptors (Lipinski definition) is 2. The van der Waals surface area contributed by atoms with E-state index >= 15 is 0 Å². The molecule has 1 rings (SSSR count). The van der Waals surface area contributed by atoms with E-state index in [9.17, 15) is 0 Å². The number of nitrogens with zero attached hydrogens (tertiary/aromatic N) is 1. The first-order valence-corrected chi connectivity index (χ1v) is 5.56. The number of rotatable bonds is 4. The van der Waals surface area contributed by atoms with Gasteiger partial charge in [0.15, 0.2) is 0 Å². The van der Waals surface area contributed by atoms with Crippen LogP contribution < -0.4 is 0 Å². The van der Waals surface area contributed by atoms with Crippen molar-refractivity contribution in [1.82, 2.24) is 4.90 Å². The van der Waals surface area contributed by atoms with Crippen molar-refractivity contribution < 1.29 is 4.74 Å². The summed E-state index contributed by atoms with van der Waals surface area (Å²) in [6, 6.07) is 0. The molecule has 0 aromatic carbocycles. The first-order valence-electron chi connectivity index (χ1n) is 5.56. The van der Waals surface area contributed by atoms with Crippen molar-refractivity contribution in [2.75, 3.05) is 26.2 Å². The van der Waals surface area contributed by atoms with E-state index in [1.165, 1.54) is 32.5 Å². The van der Waals surface area contributed by atoms with Crippen LogP contribution in [0, 0.1) is 5.92 Å². The average molecular weight is 185 g/mol. The molecule has 0 unspecified atom stereocenters. The van der Waals surface area contributed by atoms with Gasteiger partial charge in [0.1, 0.15) is 0 Å². The first-order chi connectivity index (χ1) is 6.22. The maximum absolute atomic E-state index is 5.63. The van der Waals surface area contributed by atoms with Gasteiger partial charge in [0.2, 0.25) is 0 Å². The Morgan fingerprint density at radius 1 is 1.31 bits per heavy atom. The van der Waals surface area contributed by atoms with Crippen LogP contribution in [-0.4, -0.2) is 37.2 Å². The Balaban J connectivity index is 2.10. The van der Waals surface area contributed by atoms with E-state index in [1.54, 1.807) is 0 Å². The van der Waals surface area contributed by atoms with Gasteiger partial charge in [-0.05, 0) is 52.2 Å². The SMILES string of the molecule is CCN1CCC(COC(C)C)CC1. The van der Waals surface area contributed by atoms with Crippen LogP contribution in [0.5, 0.6) is 0 Å². The summed E-state index contributed by atoms with van der Waals surface area (Å²) in [4.78, 5) is 2.52. The normalized spacial score (nSPS) is 21.2. The lowest BCUT2D eigenvalue weighted by Gasteiger charge is -2.31. The summed E-state index contributed by atoms with van der Waals surface area (Å²) in [6.07, 6.45) is 3.03. The predicted octanol–water partition coefficient (Wildman–Crippen LogP) is 2.14. The number of piperidine rings is 1. The molecular weight excluding hydrogens is 162 g/mol. The third-order valence-electron chi connectivity index (χ3n) is 2.82. The van der Waals surface area contributed by atoms with E-state index < -0.39 is 0 Å². The zero-order valence-electron chi connectivity index (χ0n) is 9.25. The molecule has 0 aromatic rings. The predicted molar refractivity (Wildman–Crippen MR) is 55.9 cm³/mol. The van der Waals surface area contributed by atoms with E-state index in [-0.39, 0.29) is 0 Å². The van der Waals surface area contributed by atoms with E-state index in [0.717, 1.165) is 12.5 Å². The van der Waals surface area contributed by atoms with Gasteiger partial charge in [-0.2, -0.15) is 0 Å². The molecular formula is C11H23NO. The van der Waals surface area contributed by atoms with Crippen LogP contribution in [-0.2, 0) is 4.74 Å². The molecule has 0 aromatic heterocycles. The van der Waals surface area contributed by atoms with Gasteiger partial charge in [-0.25, -0.2) is 0 Å². The van der Waals surface area contributed by atoms with Gasteiger partial charge in [0.25, 0.3) is 0 Å². The molecule has 13 heavy (non-hydrogen) atoms. The zero-order chi connectivity index (χ0) is 9.68. The monoisotopic (exact) mass is 185 g/mol. The molecule has 0 radical (unpaired) electrons. The van der Waals surface area contributed by atoms with Crippen molar-refractivity contribution in [3.8, 4) is 0 Å². The lowest BCUT2D eigenvalue weighted by molar-refractivity contribution is 0.0312. The molecule has 2 nitrogen and oxygen atoms in total. The fourth-order valence-corrected chi connectivity index (χ4v) is 1.80. The van der Waals surface area contributed by atoms with Crippen LogP contribution in [0.15, 0.2) is 0 Å². The second-order valence-electron chi connectivity index (χ2n) is 4.26. The Morgan fingerprint density at radius 3 is 2.38 bits per heavy atom. The van der Waals surface area contributed by atoms with Gasteiger partial charge < -0.3 is 9.64 Å². The molecule has 0 bridgehead atoms. The fourth-order valence-electron chi connectivity index (χ4n) is 1.80. The van der Waals surface area contributed by atoms with E-state index in [1.807, 2.05) is 0 Å². The maximum Gasteiger partial charge on any atom is 0.0519 e. The highest BCUT2D eigenvalue weighted by Gasteiger charge is 2.18. The Labute approximate surface area is 82.3 Å². The molecule has 1 aliphatic rings. The van der Waals surface area contributed by atoms with E-state index in [2.05, 4.69) is 25.7 Å². The Kier molecular flexibility index (Phi) is 4.74. The van der Waals surface area contributed by atoms with Crippen LogP contribution >= 0.6 is 0 Å². The second kappa shape index (κ2) is 5.61.